The van der Waals surface area contributed by atoms with Crippen LogP contribution in [0.25, 0.3) is 0 Å². The first-order valence-corrected chi connectivity index (χ1v) is 12.6. The number of rotatable bonds is 6. The zero-order valence-corrected chi connectivity index (χ0v) is 17.8. The Hall–Kier alpha value is -1.32. The van der Waals surface area contributed by atoms with Gasteiger partial charge in [0.15, 0.2) is 11.5 Å². The minimum Gasteiger partial charge on any atom is -0.493 e. The Morgan fingerprint density at radius 3 is 2.38 bits per heavy atom. The molecule has 0 N–H and O–H groups in total. The highest BCUT2D eigenvalue weighted by Crippen LogP contribution is 2.40. The summed E-state index contributed by atoms with van der Waals surface area (Å²) in [7, 11) is 0.222. The van der Waals surface area contributed by atoms with E-state index in [2.05, 4.69) is 17.0 Å². The number of methoxy groups -OCH3 is 2. The van der Waals surface area contributed by atoms with E-state index in [1.54, 1.807) is 14.2 Å². The van der Waals surface area contributed by atoms with Gasteiger partial charge in [0, 0.05) is 13.1 Å². The summed E-state index contributed by atoms with van der Waals surface area (Å²) in [6.45, 7) is 1.30. The Bertz CT molecular complexity index is 871. The molecular weight excluding hydrogens is 465 g/mol. The molecule has 2 aromatic carbocycles. The smallest absolute Gasteiger partial charge is 0.204 e. The topological polar surface area (TPSA) is 55.8 Å². The van der Waals surface area contributed by atoms with Crippen LogP contribution in [0.4, 0.5) is 0 Å². The van der Waals surface area contributed by atoms with Gasteiger partial charge in [-0.25, -0.2) is 8.42 Å². The Kier molecular flexibility index (Phi) is 6.09. The second-order valence-corrected chi connectivity index (χ2v) is 11.8. The fourth-order valence-corrected chi connectivity index (χ4v) is 4.53. The molecule has 3 rings (SSSR count). The van der Waals surface area contributed by atoms with Crippen molar-refractivity contribution >= 4 is 28.2 Å². The second kappa shape index (κ2) is 8.14. The molecule has 1 aliphatic rings. The van der Waals surface area contributed by atoms with Gasteiger partial charge in [-0.15, -0.1) is 0 Å². The summed E-state index contributed by atoms with van der Waals surface area (Å²) in [5.74, 6) is 1.55. The predicted octanol–water partition coefficient (Wildman–Crippen LogP) is 3.42. The number of hydrogen-bond donors (Lipinski definition) is 0. The summed E-state index contributed by atoms with van der Waals surface area (Å²) in [6, 6.07) is 14.2. The third kappa shape index (κ3) is 4.32. The van der Waals surface area contributed by atoms with Gasteiger partial charge < -0.3 is 9.47 Å². The lowest BCUT2D eigenvalue weighted by Gasteiger charge is -2.38. The molecule has 0 radical (unpaired) electrons. The van der Waals surface area contributed by atoms with Gasteiger partial charge in [0.05, 0.1) is 47.2 Å². The molecular formula is C19H22INO4S. The van der Waals surface area contributed by atoms with E-state index in [9.17, 15) is 8.42 Å². The fourth-order valence-electron chi connectivity index (χ4n) is 3.49. The van der Waals surface area contributed by atoms with E-state index in [1.807, 2.05) is 30.3 Å². The third-order valence-electron chi connectivity index (χ3n) is 4.71. The maximum absolute atomic E-state index is 11.7. The first-order valence-electron chi connectivity index (χ1n) is 8.39. The van der Waals surface area contributed by atoms with Crippen LogP contribution in [0, 0.1) is 0 Å². The molecule has 0 amide bonds. The number of nitrogens with zero attached hydrogens (tertiary/aromatic N) is 1. The standard InChI is InChI=1S/C19H22INO4S/c1-24-17-12-15-8-9-21(10-11-26(20,22)23)19(14-6-4-3-5-7-14)16(15)13-18(17)25-2/h3-7,12-13,19H,8-11H2,1-2H3. The zero-order valence-electron chi connectivity index (χ0n) is 14.8. The van der Waals surface area contributed by atoms with Crippen LogP contribution in [0.1, 0.15) is 22.7 Å². The molecule has 5 nitrogen and oxygen atoms in total. The summed E-state index contributed by atoms with van der Waals surface area (Å²) in [4.78, 5) is 2.24. The van der Waals surface area contributed by atoms with Crippen LogP contribution >= 0.6 is 21.2 Å². The summed E-state index contributed by atoms with van der Waals surface area (Å²) < 4.78 is 34.3. The van der Waals surface area contributed by atoms with E-state index in [-0.39, 0.29) is 11.8 Å². The lowest BCUT2D eigenvalue weighted by molar-refractivity contribution is 0.225. The van der Waals surface area contributed by atoms with Crippen molar-refractivity contribution in [1.82, 2.24) is 4.90 Å². The van der Waals surface area contributed by atoms with Crippen LogP contribution in [-0.4, -0.2) is 46.4 Å². The van der Waals surface area contributed by atoms with Crippen LogP contribution in [0.15, 0.2) is 42.5 Å². The van der Waals surface area contributed by atoms with Crippen molar-refractivity contribution in [2.45, 2.75) is 12.5 Å². The van der Waals surface area contributed by atoms with Crippen molar-refractivity contribution in [3.8, 4) is 11.5 Å². The van der Waals surface area contributed by atoms with E-state index in [4.69, 9.17) is 9.47 Å². The van der Waals surface area contributed by atoms with E-state index >= 15 is 0 Å². The minimum atomic E-state index is -3.05. The molecule has 26 heavy (non-hydrogen) atoms. The quantitative estimate of drug-likeness (QED) is 0.462. The largest absolute Gasteiger partial charge is 0.493 e. The molecule has 0 saturated heterocycles. The molecule has 1 atom stereocenters. The van der Waals surface area contributed by atoms with E-state index in [0.717, 1.165) is 29.8 Å². The maximum Gasteiger partial charge on any atom is 0.204 e. The highest BCUT2D eigenvalue weighted by Gasteiger charge is 2.30. The number of hydrogen-bond acceptors (Lipinski definition) is 5. The van der Waals surface area contributed by atoms with Gasteiger partial charge in [-0.2, -0.15) is 0 Å². The van der Waals surface area contributed by atoms with Gasteiger partial charge in [0.1, 0.15) is 0 Å². The van der Waals surface area contributed by atoms with Crippen LogP contribution in [0.2, 0.25) is 0 Å². The van der Waals surface area contributed by atoms with Crippen molar-refractivity contribution in [3.63, 3.8) is 0 Å². The number of fused-ring (bicyclic) bond motifs is 1. The van der Waals surface area contributed by atoms with E-state index in [0.29, 0.717) is 12.3 Å². The molecule has 0 aromatic heterocycles. The molecule has 0 aliphatic carbocycles. The predicted molar refractivity (Wildman–Crippen MR) is 111 cm³/mol. The number of halogens is 1. The van der Waals surface area contributed by atoms with Crippen molar-refractivity contribution in [1.29, 1.82) is 0 Å². The first-order chi connectivity index (χ1) is 12.4. The summed E-state index contributed by atoms with van der Waals surface area (Å²) in [5.41, 5.74) is 3.50. The van der Waals surface area contributed by atoms with E-state index < -0.39 is 7.01 Å². The van der Waals surface area contributed by atoms with E-state index in [1.165, 1.54) is 26.8 Å². The maximum atomic E-state index is 11.7. The van der Waals surface area contributed by atoms with Crippen LogP contribution in [0.3, 0.4) is 0 Å². The summed E-state index contributed by atoms with van der Waals surface area (Å²) >= 11 is 1.52. The van der Waals surface area contributed by atoms with Gasteiger partial charge in [-0.3, -0.25) is 4.90 Å². The van der Waals surface area contributed by atoms with Gasteiger partial charge in [-0.05, 0) is 35.2 Å². The molecule has 0 bridgehead atoms. The Balaban J connectivity index is 2.06. The molecule has 1 heterocycles. The Morgan fingerprint density at radius 1 is 1.12 bits per heavy atom. The fraction of sp³-hybridized carbons (Fsp3) is 0.368. The molecule has 0 spiro atoms. The molecule has 1 aliphatic heterocycles. The molecule has 140 valence electrons. The van der Waals surface area contributed by atoms with Crippen molar-refractivity contribution in [2.75, 3.05) is 33.1 Å². The lowest BCUT2D eigenvalue weighted by Crippen LogP contribution is -2.38. The van der Waals surface area contributed by atoms with Crippen LogP contribution < -0.4 is 9.47 Å². The van der Waals surface area contributed by atoms with Gasteiger partial charge in [0.2, 0.25) is 7.01 Å². The van der Waals surface area contributed by atoms with Crippen LogP contribution in [-0.2, 0) is 13.4 Å². The lowest BCUT2D eigenvalue weighted by atomic mass is 9.87. The summed E-state index contributed by atoms with van der Waals surface area (Å²) in [5, 5.41) is 0. The highest BCUT2D eigenvalue weighted by atomic mass is 127. The normalized spacial score (nSPS) is 17.6. The van der Waals surface area contributed by atoms with Crippen molar-refractivity contribution in [3.05, 3.63) is 59.2 Å². The molecule has 0 saturated carbocycles. The molecule has 0 fully saturated rings. The molecule has 1 unspecified atom stereocenters. The Labute approximate surface area is 166 Å². The van der Waals surface area contributed by atoms with Gasteiger partial charge >= 0.3 is 0 Å². The number of benzene rings is 2. The molecule has 7 heteroatoms. The average molecular weight is 487 g/mol. The average Bonchev–Trinajstić information content (AvgIpc) is 2.64. The highest BCUT2D eigenvalue weighted by molar-refractivity contribution is 14.2. The summed E-state index contributed by atoms with van der Waals surface area (Å²) in [6.07, 6.45) is 0.848. The zero-order chi connectivity index (χ0) is 18.7. The number of ether oxygens (including phenoxy) is 2. The SMILES string of the molecule is COc1cc2c(cc1OC)C(c1ccccc1)N(CCS(=O)(=O)I)CC2. The van der Waals surface area contributed by atoms with Crippen molar-refractivity contribution in [2.24, 2.45) is 0 Å². The van der Waals surface area contributed by atoms with Gasteiger partial charge in [-0.1, -0.05) is 30.3 Å². The Morgan fingerprint density at radius 2 is 1.77 bits per heavy atom. The minimum absolute atomic E-state index is 0.00194. The monoisotopic (exact) mass is 487 g/mol. The van der Waals surface area contributed by atoms with Crippen LogP contribution in [0.5, 0.6) is 11.5 Å². The second-order valence-electron chi connectivity index (χ2n) is 6.25. The molecule has 2 aromatic rings. The van der Waals surface area contributed by atoms with Crippen molar-refractivity contribution < 1.29 is 17.9 Å². The van der Waals surface area contributed by atoms with Gasteiger partial charge in [0.25, 0.3) is 0 Å². The third-order valence-corrected chi connectivity index (χ3v) is 6.70. The first kappa shape index (κ1) is 19.4.